The van der Waals surface area contributed by atoms with Gasteiger partial charge in [-0.15, -0.1) is 0 Å². The van der Waals surface area contributed by atoms with E-state index in [2.05, 4.69) is 5.32 Å². The molecule has 2 aromatic carbocycles. The van der Waals surface area contributed by atoms with E-state index in [9.17, 15) is 14.4 Å². The summed E-state index contributed by atoms with van der Waals surface area (Å²) in [7, 11) is 0. The maximum Gasteiger partial charge on any atom is 0.300 e. The molecular formula is C16H12N2O3. The molecule has 1 aliphatic rings. The van der Waals surface area contributed by atoms with Gasteiger partial charge < -0.3 is 5.32 Å². The van der Waals surface area contributed by atoms with Crippen LogP contribution in [0.25, 0.3) is 0 Å². The number of nitrogens with zero attached hydrogens (tertiary/aromatic N) is 1. The van der Waals surface area contributed by atoms with Gasteiger partial charge in [0.2, 0.25) is 0 Å². The first-order valence-corrected chi connectivity index (χ1v) is 6.47. The summed E-state index contributed by atoms with van der Waals surface area (Å²) < 4.78 is 0. The summed E-state index contributed by atoms with van der Waals surface area (Å²) in [5, 5.41) is 2.65. The van der Waals surface area contributed by atoms with E-state index in [1.54, 1.807) is 48.5 Å². The summed E-state index contributed by atoms with van der Waals surface area (Å²) in [4.78, 5) is 37.0. The maximum atomic E-state index is 12.0. The van der Waals surface area contributed by atoms with Gasteiger partial charge >= 0.3 is 5.91 Å². The van der Waals surface area contributed by atoms with Gasteiger partial charge in [0.15, 0.2) is 0 Å². The molecule has 0 atom stereocenters. The van der Waals surface area contributed by atoms with Crippen molar-refractivity contribution in [1.29, 1.82) is 0 Å². The minimum Gasteiger partial charge on any atom is -0.334 e. The van der Waals surface area contributed by atoms with Crippen LogP contribution in [0.15, 0.2) is 54.6 Å². The first kappa shape index (κ1) is 13.1. The summed E-state index contributed by atoms with van der Waals surface area (Å²) in [6.07, 6.45) is 0. The van der Waals surface area contributed by atoms with E-state index < -0.39 is 11.7 Å². The predicted molar refractivity (Wildman–Crippen MR) is 77.0 cm³/mol. The van der Waals surface area contributed by atoms with Gasteiger partial charge in [0.25, 0.3) is 11.7 Å². The minimum atomic E-state index is -0.621. The quantitative estimate of drug-likeness (QED) is 0.868. The molecule has 0 saturated heterocycles. The molecule has 3 rings (SSSR count). The van der Waals surface area contributed by atoms with Gasteiger partial charge in [-0.2, -0.15) is 0 Å². The second-order valence-electron chi connectivity index (χ2n) is 4.61. The highest BCUT2D eigenvalue weighted by Gasteiger charge is 2.35. The Hall–Kier alpha value is -2.95. The summed E-state index contributed by atoms with van der Waals surface area (Å²) >= 11 is 0. The van der Waals surface area contributed by atoms with Crippen molar-refractivity contribution in [2.45, 2.75) is 0 Å². The standard InChI is InChI=1S/C16H12N2O3/c19-14-12-8-4-5-9-13(12)18(16(14)21)10-17-15(20)11-6-2-1-3-7-11/h1-9H,10H2,(H,17,20). The Balaban J connectivity index is 1.76. The minimum absolute atomic E-state index is 0.0324. The zero-order valence-electron chi connectivity index (χ0n) is 11.1. The van der Waals surface area contributed by atoms with Crippen LogP contribution >= 0.6 is 0 Å². The van der Waals surface area contributed by atoms with Crippen molar-refractivity contribution >= 4 is 23.3 Å². The first-order valence-electron chi connectivity index (χ1n) is 6.47. The Labute approximate surface area is 121 Å². The number of ketones is 1. The van der Waals surface area contributed by atoms with Crippen LogP contribution in [0.5, 0.6) is 0 Å². The number of nitrogens with one attached hydrogen (secondary N) is 1. The number of amides is 2. The number of benzene rings is 2. The largest absolute Gasteiger partial charge is 0.334 e. The summed E-state index contributed by atoms with van der Waals surface area (Å²) in [6, 6.07) is 15.4. The SMILES string of the molecule is O=C(NCN1C(=O)C(=O)c2ccccc21)c1ccccc1. The number of hydrogen-bond donors (Lipinski definition) is 1. The zero-order valence-corrected chi connectivity index (χ0v) is 11.1. The number of para-hydroxylation sites is 1. The van der Waals surface area contributed by atoms with Gasteiger partial charge in [0.1, 0.15) is 0 Å². The van der Waals surface area contributed by atoms with Crippen molar-refractivity contribution in [3.8, 4) is 0 Å². The first-order chi connectivity index (χ1) is 10.2. The third-order valence-electron chi connectivity index (χ3n) is 3.31. The highest BCUT2D eigenvalue weighted by molar-refractivity contribution is 6.52. The lowest BCUT2D eigenvalue weighted by atomic mass is 10.1. The number of carbonyl (C=O) groups excluding carboxylic acids is 3. The number of Topliss-reactive ketones (excluding diaryl/α,β-unsaturated/α-hetero) is 1. The van der Waals surface area contributed by atoms with E-state index in [0.29, 0.717) is 16.8 Å². The van der Waals surface area contributed by atoms with Crippen molar-refractivity contribution in [3.05, 3.63) is 65.7 Å². The molecule has 1 heterocycles. The van der Waals surface area contributed by atoms with Gasteiger partial charge in [-0.25, -0.2) is 0 Å². The number of fused-ring (bicyclic) bond motifs is 1. The monoisotopic (exact) mass is 280 g/mol. The lowest BCUT2D eigenvalue weighted by molar-refractivity contribution is -0.114. The van der Waals surface area contributed by atoms with Crippen LogP contribution in [-0.2, 0) is 4.79 Å². The smallest absolute Gasteiger partial charge is 0.300 e. The Morgan fingerprint density at radius 2 is 1.62 bits per heavy atom. The lowest BCUT2D eigenvalue weighted by Gasteiger charge is -2.17. The van der Waals surface area contributed by atoms with Crippen molar-refractivity contribution in [1.82, 2.24) is 5.32 Å². The fourth-order valence-corrected chi connectivity index (χ4v) is 2.25. The highest BCUT2D eigenvalue weighted by Crippen LogP contribution is 2.27. The second kappa shape index (κ2) is 5.20. The van der Waals surface area contributed by atoms with Crippen molar-refractivity contribution in [2.24, 2.45) is 0 Å². The average molecular weight is 280 g/mol. The Morgan fingerprint density at radius 3 is 2.38 bits per heavy atom. The van der Waals surface area contributed by atoms with Crippen LogP contribution in [0.1, 0.15) is 20.7 Å². The average Bonchev–Trinajstić information content (AvgIpc) is 2.78. The van der Waals surface area contributed by atoms with Crippen LogP contribution in [-0.4, -0.2) is 24.3 Å². The van der Waals surface area contributed by atoms with E-state index in [0.717, 1.165) is 0 Å². The molecule has 2 amide bonds. The molecule has 0 fully saturated rings. The van der Waals surface area contributed by atoms with Crippen LogP contribution < -0.4 is 10.2 Å². The van der Waals surface area contributed by atoms with E-state index >= 15 is 0 Å². The van der Waals surface area contributed by atoms with Gasteiger partial charge in [-0.05, 0) is 24.3 Å². The molecule has 0 spiro atoms. The fraction of sp³-hybridized carbons (Fsp3) is 0.0625. The summed E-state index contributed by atoms with van der Waals surface area (Å²) in [6.45, 7) is -0.0324. The molecule has 104 valence electrons. The predicted octanol–water partition coefficient (Wildman–Crippen LogP) is 1.60. The van der Waals surface area contributed by atoms with Crippen LogP contribution in [0.4, 0.5) is 5.69 Å². The molecule has 0 aliphatic carbocycles. The van der Waals surface area contributed by atoms with Gasteiger partial charge in [0.05, 0.1) is 17.9 Å². The van der Waals surface area contributed by atoms with E-state index in [1.165, 1.54) is 4.90 Å². The van der Waals surface area contributed by atoms with Gasteiger partial charge in [-0.1, -0.05) is 30.3 Å². The topological polar surface area (TPSA) is 66.5 Å². The lowest BCUT2D eigenvalue weighted by Crippen LogP contribution is -2.40. The van der Waals surface area contributed by atoms with E-state index in [-0.39, 0.29) is 12.6 Å². The van der Waals surface area contributed by atoms with Crippen molar-refractivity contribution < 1.29 is 14.4 Å². The molecule has 1 N–H and O–H groups in total. The maximum absolute atomic E-state index is 12.0. The molecular weight excluding hydrogens is 268 g/mol. The Kier molecular flexibility index (Phi) is 3.23. The summed E-state index contributed by atoms with van der Waals surface area (Å²) in [5.41, 5.74) is 1.40. The van der Waals surface area contributed by atoms with Crippen molar-refractivity contribution in [3.63, 3.8) is 0 Å². The number of hydrogen-bond acceptors (Lipinski definition) is 3. The Morgan fingerprint density at radius 1 is 0.952 bits per heavy atom. The highest BCUT2D eigenvalue weighted by atomic mass is 16.2. The molecule has 0 saturated carbocycles. The zero-order chi connectivity index (χ0) is 14.8. The third-order valence-corrected chi connectivity index (χ3v) is 3.31. The molecule has 0 unspecified atom stereocenters. The van der Waals surface area contributed by atoms with Crippen molar-refractivity contribution in [2.75, 3.05) is 11.6 Å². The number of anilines is 1. The molecule has 21 heavy (non-hydrogen) atoms. The summed E-state index contributed by atoms with van der Waals surface area (Å²) in [5.74, 6) is -1.45. The Bertz CT molecular complexity index is 725. The van der Waals surface area contributed by atoms with Gasteiger partial charge in [-0.3, -0.25) is 19.3 Å². The molecule has 2 aromatic rings. The second-order valence-corrected chi connectivity index (χ2v) is 4.61. The molecule has 1 aliphatic heterocycles. The van der Waals surface area contributed by atoms with E-state index in [1.807, 2.05) is 6.07 Å². The normalized spacial score (nSPS) is 13.2. The fourth-order valence-electron chi connectivity index (χ4n) is 2.25. The third kappa shape index (κ3) is 2.29. The van der Waals surface area contributed by atoms with Gasteiger partial charge in [0, 0.05) is 5.56 Å². The number of carbonyl (C=O) groups is 3. The van der Waals surface area contributed by atoms with E-state index in [4.69, 9.17) is 0 Å². The van der Waals surface area contributed by atoms with Crippen LogP contribution in [0.3, 0.4) is 0 Å². The molecule has 5 heteroatoms. The molecule has 0 aromatic heterocycles. The molecule has 0 radical (unpaired) electrons. The number of rotatable bonds is 3. The molecule has 5 nitrogen and oxygen atoms in total. The van der Waals surface area contributed by atoms with Crippen LogP contribution in [0.2, 0.25) is 0 Å². The molecule has 0 bridgehead atoms. The van der Waals surface area contributed by atoms with Crippen LogP contribution in [0, 0.1) is 0 Å².